The second kappa shape index (κ2) is 11.1. The number of amides is 1. The number of benzene rings is 1. The second-order valence-electron chi connectivity index (χ2n) is 8.66. The number of anilines is 1. The number of ether oxygens (including phenoxy) is 2. The number of nitrogens with one attached hydrogen (secondary N) is 1. The second-order valence-corrected chi connectivity index (χ2v) is 10.7. The molecule has 198 valence electrons. The van der Waals surface area contributed by atoms with Gasteiger partial charge in [-0.05, 0) is 48.9 Å². The maximum absolute atomic E-state index is 12.9. The number of halogens is 3. The van der Waals surface area contributed by atoms with Gasteiger partial charge in [-0.1, -0.05) is 24.8 Å². The Balaban J connectivity index is 1.37. The molecular formula is C24H25F3N4O4S2. The van der Waals surface area contributed by atoms with Crippen molar-refractivity contribution in [1.82, 2.24) is 14.8 Å². The van der Waals surface area contributed by atoms with Gasteiger partial charge < -0.3 is 19.4 Å². The number of hydrogen-bond acceptors (Lipinski definition) is 8. The van der Waals surface area contributed by atoms with E-state index in [9.17, 15) is 22.8 Å². The number of alkyl halides is 3. The fraction of sp³-hybridized carbons (Fsp3) is 0.417. The molecule has 0 saturated heterocycles. The van der Waals surface area contributed by atoms with Crippen LogP contribution in [0.25, 0.3) is 0 Å². The number of nitrogens with zero attached hydrogens (tertiary/aromatic N) is 3. The molecule has 4 rings (SSSR count). The molecule has 1 aromatic carbocycles. The van der Waals surface area contributed by atoms with Crippen LogP contribution in [0.3, 0.4) is 0 Å². The Morgan fingerprint density at radius 1 is 1.30 bits per heavy atom. The Labute approximate surface area is 219 Å². The van der Waals surface area contributed by atoms with Crippen molar-refractivity contribution in [2.45, 2.75) is 44.1 Å². The van der Waals surface area contributed by atoms with E-state index in [0.29, 0.717) is 27.5 Å². The highest BCUT2D eigenvalue weighted by Gasteiger charge is 2.31. The first-order chi connectivity index (χ1) is 17.6. The van der Waals surface area contributed by atoms with Crippen molar-refractivity contribution in [3.63, 3.8) is 0 Å². The lowest BCUT2D eigenvalue weighted by Gasteiger charge is -2.18. The van der Waals surface area contributed by atoms with Gasteiger partial charge >= 0.3 is 12.1 Å². The molecule has 1 aliphatic carbocycles. The van der Waals surface area contributed by atoms with Gasteiger partial charge in [0, 0.05) is 11.9 Å². The van der Waals surface area contributed by atoms with Crippen LogP contribution >= 0.6 is 23.1 Å². The minimum Gasteiger partial charge on any atom is -0.486 e. The fourth-order valence-electron chi connectivity index (χ4n) is 3.96. The van der Waals surface area contributed by atoms with E-state index < -0.39 is 17.7 Å². The highest BCUT2D eigenvalue weighted by Crippen LogP contribution is 2.40. The monoisotopic (exact) mass is 554 g/mol. The predicted octanol–water partition coefficient (Wildman–Crippen LogP) is 5.12. The number of hydrogen-bond donors (Lipinski definition) is 1. The predicted molar refractivity (Wildman–Crippen MR) is 133 cm³/mol. The molecule has 0 aliphatic heterocycles. The maximum atomic E-state index is 12.9. The average molecular weight is 555 g/mol. The molecule has 3 aromatic rings. The zero-order valence-electron chi connectivity index (χ0n) is 20.3. The highest BCUT2D eigenvalue weighted by molar-refractivity contribution is 7.99. The Morgan fingerprint density at radius 2 is 2.08 bits per heavy atom. The molecule has 0 spiro atoms. The summed E-state index contributed by atoms with van der Waals surface area (Å²) in [6.07, 6.45) is -1.86. The van der Waals surface area contributed by atoms with Crippen molar-refractivity contribution in [3.05, 3.63) is 51.7 Å². The topological polar surface area (TPSA) is 95.3 Å². The molecule has 8 nitrogen and oxygen atoms in total. The Bertz CT molecular complexity index is 1310. The Morgan fingerprint density at radius 3 is 2.81 bits per heavy atom. The fourth-order valence-corrected chi connectivity index (χ4v) is 6.10. The van der Waals surface area contributed by atoms with Crippen LogP contribution in [0.4, 0.5) is 18.2 Å². The quantitative estimate of drug-likeness (QED) is 0.305. The normalized spacial score (nSPS) is 15.2. The molecular weight excluding hydrogens is 529 g/mol. The first-order valence-electron chi connectivity index (χ1n) is 11.4. The molecule has 13 heteroatoms. The summed E-state index contributed by atoms with van der Waals surface area (Å²) in [4.78, 5) is 26.2. The van der Waals surface area contributed by atoms with E-state index >= 15 is 0 Å². The molecule has 0 radical (unpaired) electrons. The Hall–Kier alpha value is -3.06. The van der Waals surface area contributed by atoms with Crippen LogP contribution in [0.2, 0.25) is 0 Å². The number of thiophene rings is 1. The third-order valence-electron chi connectivity index (χ3n) is 5.94. The summed E-state index contributed by atoms with van der Waals surface area (Å²) in [5.41, 5.74) is 0.582. The highest BCUT2D eigenvalue weighted by atomic mass is 32.2. The van der Waals surface area contributed by atoms with Gasteiger partial charge in [0.2, 0.25) is 5.91 Å². The minimum atomic E-state index is -4.47. The van der Waals surface area contributed by atoms with Crippen molar-refractivity contribution >= 4 is 40.0 Å². The van der Waals surface area contributed by atoms with E-state index in [-0.39, 0.29) is 24.0 Å². The minimum absolute atomic E-state index is 0.0139. The van der Waals surface area contributed by atoms with Gasteiger partial charge in [0.15, 0.2) is 11.0 Å². The first-order valence-corrected chi connectivity index (χ1v) is 13.2. The number of carbonyl (C=O) groups excluding carboxylic acids is 2. The standard InChI is InChI=1S/C24H25F3N4O4S2/c1-13-7-8-16-17(9-13)37-21(20(16)22(33)34-3)28-19(32)12-36-23-30-29-18(31(23)2)11-35-15-6-4-5-14(10-15)24(25,26)27/h4-6,10,13H,7-9,11-12H2,1-3H3,(H,28,32). The average Bonchev–Trinajstić information content (AvgIpc) is 3.39. The molecule has 1 unspecified atom stereocenters. The van der Waals surface area contributed by atoms with Crippen LogP contribution in [0.1, 0.15) is 45.5 Å². The maximum Gasteiger partial charge on any atom is 0.416 e. The lowest BCUT2D eigenvalue weighted by Crippen LogP contribution is -2.17. The van der Waals surface area contributed by atoms with Crippen molar-refractivity contribution in [1.29, 1.82) is 0 Å². The molecule has 2 heterocycles. The zero-order valence-corrected chi connectivity index (χ0v) is 22.0. The summed E-state index contributed by atoms with van der Waals surface area (Å²) in [6.45, 7) is 2.06. The van der Waals surface area contributed by atoms with E-state index in [1.165, 1.54) is 30.6 Å². The van der Waals surface area contributed by atoms with E-state index in [0.717, 1.165) is 53.6 Å². The van der Waals surface area contributed by atoms with Crippen LogP contribution in [0.15, 0.2) is 29.4 Å². The summed E-state index contributed by atoms with van der Waals surface area (Å²) < 4.78 is 50.7. The van der Waals surface area contributed by atoms with Crippen molar-refractivity contribution in [2.75, 3.05) is 18.2 Å². The van der Waals surface area contributed by atoms with E-state index in [2.05, 4.69) is 22.4 Å². The van der Waals surface area contributed by atoms with Crippen molar-refractivity contribution in [2.24, 2.45) is 13.0 Å². The van der Waals surface area contributed by atoms with Crippen LogP contribution in [-0.4, -0.2) is 39.5 Å². The molecule has 1 atom stereocenters. The number of fused-ring (bicyclic) bond motifs is 1. The summed E-state index contributed by atoms with van der Waals surface area (Å²) in [6, 6.07) is 4.58. The van der Waals surface area contributed by atoms with Gasteiger partial charge in [-0.15, -0.1) is 21.5 Å². The molecule has 2 aromatic heterocycles. The number of carbonyl (C=O) groups is 2. The van der Waals surface area contributed by atoms with Gasteiger partial charge in [0.25, 0.3) is 0 Å². The summed E-state index contributed by atoms with van der Waals surface area (Å²) in [5.74, 6) is 0.188. The van der Waals surface area contributed by atoms with E-state index in [1.54, 1.807) is 11.6 Å². The third-order valence-corrected chi connectivity index (χ3v) is 8.13. The van der Waals surface area contributed by atoms with Crippen LogP contribution in [-0.2, 0) is 42.2 Å². The van der Waals surface area contributed by atoms with Crippen molar-refractivity contribution < 1.29 is 32.2 Å². The molecule has 1 amide bonds. The van der Waals surface area contributed by atoms with Gasteiger partial charge in [-0.2, -0.15) is 13.2 Å². The van der Waals surface area contributed by atoms with E-state index in [4.69, 9.17) is 9.47 Å². The first kappa shape index (κ1) is 27.0. The SMILES string of the molecule is COC(=O)c1c(NC(=O)CSc2nnc(COc3cccc(C(F)(F)F)c3)n2C)sc2c1CCC(C)C2. The molecule has 0 bridgehead atoms. The number of esters is 1. The smallest absolute Gasteiger partial charge is 0.416 e. The molecule has 1 N–H and O–H groups in total. The largest absolute Gasteiger partial charge is 0.486 e. The number of aromatic nitrogens is 3. The van der Waals surface area contributed by atoms with E-state index in [1.807, 2.05) is 0 Å². The Kier molecular flexibility index (Phi) is 8.12. The summed E-state index contributed by atoms with van der Waals surface area (Å²) in [5, 5.41) is 11.8. The lowest BCUT2D eigenvalue weighted by molar-refractivity contribution is -0.137. The van der Waals surface area contributed by atoms with Crippen LogP contribution in [0.5, 0.6) is 5.75 Å². The van der Waals surface area contributed by atoms with Gasteiger partial charge in [-0.3, -0.25) is 4.79 Å². The number of rotatable bonds is 8. The number of thioether (sulfide) groups is 1. The summed E-state index contributed by atoms with van der Waals surface area (Å²) >= 11 is 2.55. The number of methoxy groups -OCH3 is 1. The van der Waals surface area contributed by atoms with Gasteiger partial charge in [0.05, 0.1) is 24.0 Å². The molecule has 0 saturated carbocycles. The van der Waals surface area contributed by atoms with Gasteiger partial charge in [0.1, 0.15) is 17.4 Å². The van der Waals surface area contributed by atoms with Crippen molar-refractivity contribution in [3.8, 4) is 5.75 Å². The molecule has 1 aliphatic rings. The zero-order chi connectivity index (χ0) is 26.7. The van der Waals surface area contributed by atoms with Crippen LogP contribution < -0.4 is 10.1 Å². The molecule has 37 heavy (non-hydrogen) atoms. The molecule has 0 fully saturated rings. The van der Waals surface area contributed by atoms with Crippen LogP contribution in [0, 0.1) is 5.92 Å². The third kappa shape index (κ3) is 6.27. The summed E-state index contributed by atoms with van der Waals surface area (Å²) in [7, 11) is 3.00. The lowest BCUT2D eigenvalue weighted by atomic mass is 9.88. The van der Waals surface area contributed by atoms with Gasteiger partial charge in [-0.25, -0.2) is 4.79 Å².